The van der Waals surface area contributed by atoms with Gasteiger partial charge in [-0.15, -0.1) is 0 Å². The van der Waals surface area contributed by atoms with Crippen LogP contribution in [0, 0.1) is 29.1 Å². The number of halogens is 9. The average Bonchev–Trinajstić information content (AvgIpc) is 2.85. The van der Waals surface area contributed by atoms with E-state index in [1.54, 1.807) is 12.1 Å². The Balaban J connectivity index is 1.66. The van der Waals surface area contributed by atoms with Crippen molar-refractivity contribution in [3.05, 3.63) is 111 Å². The summed E-state index contributed by atoms with van der Waals surface area (Å²) in [5.41, 5.74) is -0.777. The molecule has 0 N–H and O–H groups in total. The van der Waals surface area contributed by atoms with Crippen LogP contribution in [-0.4, -0.2) is 0 Å². The van der Waals surface area contributed by atoms with Crippen LogP contribution in [0.5, 0.6) is 5.75 Å². The molecule has 0 radical (unpaired) electrons. The number of ether oxygens (including phenoxy) is 1. The highest BCUT2D eigenvalue weighted by molar-refractivity contribution is 6.31. The average molecular weight is 587 g/mol. The van der Waals surface area contributed by atoms with Crippen molar-refractivity contribution in [3.8, 4) is 28.0 Å². The van der Waals surface area contributed by atoms with Crippen LogP contribution in [0.3, 0.4) is 0 Å². The lowest BCUT2D eigenvalue weighted by Gasteiger charge is -2.21. The normalized spacial score (nSPS) is 11.6. The quantitative estimate of drug-likeness (QED) is 0.147. The fourth-order valence-electron chi connectivity index (χ4n) is 4.05. The molecule has 0 saturated carbocycles. The zero-order chi connectivity index (χ0) is 28.5. The van der Waals surface area contributed by atoms with E-state index in [2.05, 4.69) is 11.7 Å². The summed E-state index contributed by atoms with van der Waals surface area (Å²) in [7, 11) is 0. The molecule has 0 saturated heterocycles. The van der Waals surface area contributed by atoms with E-state index < -0.39 is 67.7 Å². The zero-order valence-electron chi connectivity index (χ0n) is 20.2. The van der Waals surface area contributed by atoms with E-state index in [0.29, 0.717) is 23.8 Å². The fourth-order valence-corrected chi connectivity index (χ4v) is 4.47. The standard InChI is InChI=1S/C29H19Cl2F7O/c1-2-3-4-15-5-7-16(8-6-15)17-10-21(32)26(22(33)11-17)18-9-20(30)27(23(34)12-18)29(37,38)39-19-13-24(35)28(31)25(36)14-19/h5-14H,2-4H2,1H3. The molecule has 4 aromatic carbocycles. The van der Waals surface area contributed by atoms with Gasteiger partial charge in [0.1, 0.15) is 45.4 Å². The Bertz CT molecular complexity index is 1450. The summed E-state index contributed by atoms with van der Waals surface area (Å²) < 4.78 is 106. The van der Waals surface area contributed by atoms with Gasteiger partial charge in [0.15, 0.2) is 0 Å². The summed E-state index contributed by atoms with van der Waals surface area (Å²) in [5, 5.41) is -1.88. The van der Waals surface area contributed by atoms with Crippen molar-refractivity contribution >= 4 is 23.2 Å². The molecule has 0 atom stereocenters. The van der Waals surface area contributed by atoms with Crippen molar-refractivity contribution in [1.82, 2.24) is 0 Å². The molecule has 0 unspecified atom stereocenters. The minimum Gasteiger partial charge on any atom is -0.429 e. The first-order valence-electron chi connectivity index (χ1n) is 11.7. The summed E-state index contributed by atoms with van der Waals surface area (Å²) in [6, 6.07) is 11.2. The van der Waals surface area contributed by atoms with E-state index in [-0.39, 0.29) is 5.56 Å². The third-order valence-electron chi connectivity index (χ3n) is 5.97. The number of hydrogen-bond donors (Lipinski definition) is 0. The van der Waals surface area contributed by atoms with Gasteiger partial charge in [0.25, 0.3) is 0 Å². The molecule has 10 heteroatoms. The molecule has 0 heterocycles. The van der Waals surface area contributed by atoms with Gasteiger partial charge < -0.3 is 4.74 Å². The molecule has 0 fully saturated rings. The Morgan fingerprint density at radius 2 is 1.26 bits per heavy atom. The van der Waals surface area contributed by atoms with Gasteiger partial charge in [-0.1, -0.05) is 60.8 Å². The second kappa shape index (κ2) is 11.5. The van der Waals surface area contributed by atoms with E-state index in [1.807, 2.05) is 12.1 Å². The van der Waals surface area contributed by atoms with Crippen LogP contribution in [0.15, 0.2) is 60.7 Å². The van der Waals surface area contributed by atoms with Crippen LogP contribution in [0.4, 0.5) is 30.7 Å². The van der Waals surface area contributed by atoms with Gasteiger partial charge in [0.2, 0.25) is 0 Å². The van der Waals surface area contributed by atoms with Crippen molar-refractivity contribution in [1.29, 1.82) is 0 Å². The molecule has 0 aliphatic rings. The molecule has 0 bridgehead atoms. The Labute approximate surface area is 229 Å². The second-order valence-electron chi connectivity index (χ2n) is 8.75. The molecule has 1 nitrogen and oxygen atoms in total. The zero-order valence-corrected chi connectivity index (χ0v) is 21.7. The maximum absolute atomic E-state index is 15.1. The third kappa shape index (κ3) is 6.17. The van der Waals surface area contributed by atoms with Gasteiger partial charge in [0, 0.05) is 12.1 Å². The first-order valence-corrected chi connectivity index (χ1v) is 12.5. The molecule has 0 amide bonds. The van der Waals surface area contributed by atoms with Crippen LogP contribution in [0.2, 0.25) is 10.0 Å². The van der Waals surface area contributed by atoms with E-state index >= 15 is 8.78 Å². The van der Waals surface area contributed by atoms with Crippen molar-refractivity contribution in [3.63, 3.8) is 0 Å². The third-order valence-corrected chi connectivity index (χ3v) is 6.63. The predicted octanol–water partition coefficient (Wildman–Crippen LogP) is 10.5. The second-order valence-corrected chi connectivity index (χ2v) is 9.54. The van der Waals surface area contributed by atoms with Crippen molar-refractivity contribution < 1.29 is 35.5 Å². The molecule has 0 aliphatic carbocycles. The molecule has 4 aromatic rings. The molecular formula is C29H19Cl2F7O. The summed E-state index contributed by atoms with van der Waals surface area (Å²) in [6.45, 7) is 2.07. The van der Waals surface area contributed by atoms with Gasteiger partial charge in [-0.25, -0.2) is 22.0 Å². The van der Waals surface area contributed by atoms with E-state index in [1.165, 1.54) is 0 Å². The summed E-state index contributed by atoms with van der Waals surface area (Å²) in [4.78, 5) is 0. The predicted molar refractivity (Wildman–Crippen MR) is 137 cm³/mol. The molecule has 204 valence electrons. The number of alkyl halides is 2. The minimum absolute atomic E-state index is 0.223. The fraction of sp³-hybridized carbons (Fsp3) is 0.172. The SMILES string of the molecule is CCCCc1ccc(-c2cc(F)c(-c3cc(F)c(C(F)(F)Oc4cc(F)c(Cl)c(F)c4)c(Cl)c3)c(F)c2)cc1. The highest BCUT2D eigenvalue weighted by atomic mass is 35.5. The lowest BCUT2D eigenvalue weighted by molar-refractivity contribution is -0.187. The number of aryl methyl sites for hydroxylation is 1. The topological polar surface area (TPSA) is 9.23 Å². The molecule has 39 heavy (non-hydrogen) atoms. The van der Waals surface area contributed by atoms with Crippen LogP contribution < -0.4 is 4.74 Å². The Kier molecular flexibility index (Phi) is 8.47. The van der Waals surface area contributed by atoms with E-state index in [4.69, 9.17) is 23.2 Å². The molecular weight excluding hydrogens is 568 g/mol. The van der Waals surface area contributed by atoms with Crippen LogP contribution >= 0.6 is 23.2 Å². The van der Waals surface area contributed by atoms with Gasteiger partial charge in [-0.3, -0.25) is 0 Å². The lowest BCUT2D eigenvalue weighted by atomic mass is 9.96. The van der Waals surface area contributed by atoms with Gasteiger partial charge in [0.05, 0.1) is 10.6 Å². The van der Waals surface area contributed by atoms with Gasteiger partial charge >= 0.3 is 6.11 Å². The summed E-state index contributed by atoms with van der Waals surface area (Å²) in [5.74, 6) is -7.57. The maximum Gasteiger partial charge on any atom is 0.431 e. The van der Waals surface area contributed by atoms with E-state index in [0.717, 1.165) is 43.0 Å². The van der Waals surface area contributed by atoms with Crippen LogP contribution in [-0.2, 0) is 12.5 Å². The smallest absolute Gasteiger partial charge is 0.429 e. The Hall–Kier alpha value is -3.23. The van der Waals surface area contributed by atoms with Gasteiger partial charge in [-0.2, -0.15) is 8.78 Å². The highest BCUT2D eigenvalue weighted by Gasteiger charge is 2.41. The highest BCUT2D eigenvalue weighted by Crippen LogP contribution is 2.41. The molecule has 0 aromatic heterocycles. The monoisotopic (exact) mass is 586 g/mol. The molecule has 4 rings (SSSR count). The minimum atomic E-state index is -4.52. The number of unbranched alkanes of at least 4 members (excludes halogenated alkanes) is 1. The van der Waals surface area contributed by atoms with Crippen molar-refractivity contribution in [2.24, 2.45) is 0 Å². The number of benzene rings is 4. The molecule has 0 spiro atoms. The number of hydrogen-bond acceptors (Lipinski definition) is 1. The van der Waals surface area contributed by atoms with Crippen LogP contribution in [0.25, 0.3) is 22.3 Å². The van der Waals surface area contributed by atoms with Gasteiger partial charge in [-0.05, 0) is 59.4 Å². The van der Waals surface area contributed by atoms with Crippen molar-refractivity contribution in [2.75, 3.05) is 0 Å². The largest absolute Gasteiger partial charge is 0.431 e. The van der Waals surface area contributed by atoms with E-state index in [9.17, 15) is 22.0 Å². The maximum atomic E-state index is 15.1. The Morgan fingerprint density at radius 3 is 1.79 bits per heavy atom. The number of rotatable bonds is 8. The first kappa shape index (κ1) is 28.8. The van der Waals surface area contributed by atoms with Crippen molar-refractivity contribution in [2.45, 2.75) is 32.3 Å². The Morgan fingerprint density at radius 1 is 0.692 bits per heavy atom. The molecule has 0 aliphatic heterocycles. The summed E-state index contributed by atoms with van der Waals surface area (Å²) >= 11 is 11.2. The van der Waals surface area contributed by atoms with Crippen LogP contribution in [0.1, 0.15) is 30.9 Å². The lowest BCUT2D eigenvalue weighted by Crippen LogP contribution is -2.24. The first-order chi connectivity index (χ1) is 18.4. The summed E-state index contributed by atoms with van der Waals surface area (Å²) in [6.07, 6.45) is -1.61.